The Morgan fingerprint density at radius 2 is 2.36 bits per heavy atom. The zero-order chi connectivity index (χ0) is 9.80. The minimum absolute atomic E-state index is 0.760. The van der Waals surface area contributed by atoms with Crippen LogP contribution < -0.4 is 5.32 Å². The summed E-state index contributed by atoms with van der Waals surface area (Å²) in [6.07, 6.45) is 4.05. The van der Waals surface area contributed by atoms with E-state index in [1.165, 1.54) is 45.4 Å². The van der Waals surface area contributed by atoms with Gasteiger partial charge in [-0.3, -0.25) is 0 Å². The quantitative estimate of drug-likeness (QED) is 0.720. The highest BCUT2D eigenvalue weighted by Crippen LogP contribution is 2.18. The third-order valence-electron chi connectivity index (χ3n) is 3.41. The Morgan fingerprint density at radius 1 is 1.43 bits per heavy atom. The number of rotatable bonds is 4. The van der Waals surface area contributed by atoms with E-state index in [2.05, 4.69) is 10.2 Å². The molecule has 2 aliphatic heterocycles. The Labute approximate surface area is 86.8 Å². The fraction of sp³-hybridized carbons (Fsp3) is 1.00. The van der Waals surface area contributed by atoms with Crippen LogP contribution in [-0.2, 0) is 4.74 Å². The molecule has 0 bridgehead atoms. The Morgan fingerprint density at radius 3 is 3.07 bits per heavy atom. The molecule has 1 N–H and O–H groups in total. The molecule has 0 aromatic carbocycles. The summed E-state index contributed by atoms with van der Waals surface area (Å²) < 4.78 is 5.20. The van der Waals surface area contributed by atoms with E-state index in [0.717, 1.165) is 18.6 Å². The van der Waals surface area contributed by atoms with Crippen molar-refractivity contribution >= 4 is 0 Å². The molecule has 3 nitrogen and oxygen atoms in total. The Bertz CT molecular complexity index is 169. The van der Waals surface area contributed by atoms with Crippen LogP contribution in [0.5, 0.6) is 0 Å². The molecule has 2 saturated heterocycles. The third kappa shape index (κ3) is 2.69. The summed E-state index contributed by atoms with van der Waals surface area (Å²) in [6, 6.07) is 0.760. The van der Waals surface area contributed by atoms with Gasteiger partial charge in [0.1, 0.15) is 0 Å². The van der Waals surface area contributed by atoms with Crippen LogP contribution in [0.15, 0.2) is 0 Å². The van der Waals surface area contributed by atoms with E-state index in [-0.39, 0.29) is 0 Å². The molecule has 0 aromatic heterocycles. The van der Waals surface area contributed by atoms with Gasteiger partial charge in [-0.2, -0.15) is 0 Å². The van der Waals surface area contributed by atoms with E-state index >= 15 is 0 Å². The van der Waals surface area contributed by atoms with Crippen molar-refractivity contribution < 1.29 is 4.74 Å². The zero-order valence-electron chi connectivity index (χ0n) is 9.17. The first kappa shape index (κ1) is 10.4. The van der Waals surface area contributed by atoms with E-state index < -0.39 is 0 Å². The van der Waals surface area contributed by atoms with E-state index in [1.807, 2.05) is 0 Å². The second kappa shape index (κ2) is 5.10. The largest absolute Gasteiger partial charge is 0.384 e. The highest BCUT2D eigenvalue weighted by Gasteiger charge is 2.25. The maximum atomic E-state index is 5.20. The van der Waals surface area contributed by atoms with Crippen molar-refractivity contribution in [2.75, 3.05) is 39.9 Å². The van der Waals surface area contributed by atoms with Crippen molar-refractivity contribution in [3.8, 4) is 0 Å². The van der Waals surface area contributed by atoms with Crippen molar-refractivity contribution in [2.24, 2.45) is 5.92 Å². The van der Waals surface area contributed by atoms with E-state index in [9.17, 15) is 0 Å². The van der Waals surface area contributed by atoms with Crippen molar-refractivity contribution in [1.82, 2.24) is 10.2 Å². The van der Waals surface area contributed by atoms with Gasteiger partial charge in [-0.15, -0.1) is 0 Å². The minimum Gasteiger partial charge on any atom is -0.384 e. The number of methoxy groups -OCH3 is 1. The van der Waals surface area contributed by atoms with Crippen LogP contribution in [0.2, 0.25) is 0 Å². The summed E-state index contributed by atoms with van der Waals surface area (Å²) in [5.41, 5.74) is 0. The average Bonchev–Trinajstić information content (AvgIpc) is 2.79. The van der Waals surface area contributed by atoms with E-state index in [1.54, 1.807) is 7.11 Å². The standard InChI is InChI=1S/C11H22N2O/c1-14-9-10-4-6-13(7-10)8-11-3-2-5-12-11/h10-12H,2-9H2,1H3. The normalized spacial score (nSPS) is 34.1. The first-order valence-corrected chi connectivity index (χ1v) is 5.83. The van der Waals surface area contributed by atoms with Crippen LogP contribution in [-0.4, -0.2) is 50.8 Å². The molecule has 0 saturated carbocycles. The van der Waals surface area contributed by atoms with Crippen molar-refractivity contribution in [3.05, 3.63) is 0 Å². The monoisotopic (exact) mass is 198 g/mol. The fourth-order valence-electron chi connectivity index (χ4n) is 2.67. The van der Waals surface area contributed by atoms with Gasteiger partial charge in [0.05, 0.1) is 6.61 Å². The van der Waals surface area contributed by atoms with Gasteiger partial charge in [-0.25, -0.2) is 0 Å². The van der Waals surface area contributed by atoms with Gasteiger partial charge in [-0.05, 0) is 38.3 Å². The Balaban J connectivity index is 1.67. The average molecular weight is 198 g/mol. The van der Waals surface area contributed by atoms with E-state index in [4.69, 9.17) is 4.74 Å². The van der Waals surface area contributed by atoms with Gasteiger partial charge in [0.25, 0.3) is 0 Å². The van der Waals surface area contributed by atoms with Gasteiger partial charge in [0.2, 0.25) is 0 Å². The molecule has 82 valence electrons. The molecule has 2 unspecified atom stereocenters. The zero-order valence-corrected chi connectivity index (χ0v) is 9.17. The molecule has 0 spiro atoms. The molecule has 2 heterocycles. The van der Waals surface area contributed by atoms with Gasteiger partial charge in [-0.1, -0.05) is 0 Å². The molecular formula is C11H22N2O. The number of hydrogen-bond donors (Lipinski definition) is 1. The SMILES string of the molecule is COCC1CCN(CC2CCCN2)C1. The molecule has 0 aliphatic carbocycles. The lowest BCUT2D eigenvalue weighted by Crippen LogP contribution is -2.36. The summed E-state index contributed by atoms with van der Waals surface area (Å²) in [6.45, 7) is 5.92. The maximum absolute atomic E-state index is 5.20. The third-order valence-corrected chi connectivity index (χ3v) is 3.41. The molecule has 0 radical (unpaired) electrons. The second-order valence-corrected chi connectivity index (χ2v) is 4.66. The number of nitrogens with one attached hydrogen (secondary N) is 1. The number of nitrogens with zero attached hydrogens (tertiary/aromatic N) is 1. The predicted molar refractivity (Wildman–Crippen MR) is 57.4 cm³/mol. The Hall–Kier alpha value is -0.120. The van der Waals surface area contributed by atoms with Crippen molar-refractivity contribution in [2.45, 2.75) is 25.3 Å². The lowest BCUT2D eigenvalue weighted by atomic mass is 10.1. The summed E-state index contributed by atoms with van der Waals surface area (Å²) in [5.74, 6) is 0.779. The molecule has 0 amide bonds. The molecule has 2 rings (SSSR count). The molecule has 3 heteroatoms. The highest BCUT2D eigenvalue weighted by atomic mass is 16.5. The van der Waals surface area contributed by atoms with Crippen LogP contribution >= 0.6 is 0 Å². The van der Waals surface area contributed by atoms with Crippen LogP contribution in [0.1, 0.15) is 19.3 Å². The van der Waals surface area contributed by atoms with E-state index in [0.29, 0.717) is 0 Å². The van der Waals surface area contributed by atoms with Crippen molar-refractivity contribution in [3.63, 3.8) is 0 Å². The molecule has 2 fully saturated rings. The highest BCUT2D eigenvalue weighted by molar-refractivity contribution is 4.82. The summed E-state index contributed by atoms with van der Waals surface area (Å²) in [4.78, 5) is 2.59. The van der Waals surface area contributed by atoms with Gasteiger partial charge < -0.3 is 15.0 Å². The first-order chi connectivity index (χ1) is 6.88. The first-order valence-electron chi connectivity index (χ1n) is 5.83. The minimum atomic E-state index is 0.760. The summed E-state index contributed by atoms with van der Waals surface area (Å²) >= 11 is 0. The predicted octanol–water partition coefficient (Wildman–Crippen LogP) is 0.707. The topological polar surface area (TPSA) is 24.5 Å². The molecule has 2 atom stereocenters. The number of ether oxygens (including phenoxy) is 1. The Kier molecular flexibility index (Phi) is 3.79. The lowest BCUT2D eigenvalue weighted by molar-refractivity contribution is 0.152. The number of hydrogen-bond acceptors (Lipinski definition) is 3. The summed E-state index contributed by atoms with van der Waals surface area (Å²) in [7, 11) is 1.81. The fourth-order valence-corrected chi connectivity index (χ4v) is 2.67. The van der Waals surface area contributed by atoms with Crippen LogP contribution in [0.4, 0.5) is 0 Å². The number of likely N-dealkylation sites (tertiary alicyclic amines) is 1. The summed E-state index contributed by atoms with van der Waals surface area (Å²) in [5, 5.41) is 3.56. The van der Waals surface area contributed by atoms with Gasteiger partial charge in [0.15, 0.2) is 0 Å². The smallest absolute Gasteiger partial charge is 0.0503 e. The molecule has 14 heavy (non-hydrogen) atoms. The molecular weight excluding hydrogens is 176 g/mol. The van der Waals surface area contributed by atoms with Gasteiger partial charge in [0, 0.05) is 26.2 Å². The van der Waals surface area contributed by atoms with Crippen LogP contribution in [0, 0.1) is 5.92 Å². The van der Waals surface area contributed by atoms with Crippen molar-refractivity contribution in [1.29, 1.82) is 0 Å². The van der Waals surface area contributed by atoms with Crippen LogP contribution in [0.3, 0.4) is 0 Å². The van der Waals surface area contributed by atoms with Gasteiger partial charge >= 0.3 is 0 Å². The lowest BCUT2D eigenvalue weighted by Gasteiger charge is -2.20. The second-order valence-electron chi connectivity index (χ2n) is 4.66. The van der Waals surface area contributed by atoms with Crippen LogP contribution in [0.25, 0.3) is 0 Å². The molecule has 0 aromatic rings. The maximum Gasteiger partial charge on any atom is 0.0503 e. The molecule has 2 aliphatic rings.